The molecular formula is C18H24N4O3S3. The first kappa shape index (κ1) is 22.4. The zero-order valence-corrected chi connectivity index (χ0v) is 18.7. The van der Waals surface area contributed by atoms with Crippen LogP contribution in [0.4, 0.5) is 10.8 Å². The predicted molar refractivity (Wildman–Crippen MR) is 117 cm³/mol. The second-order valence-corrected chi connectivity index (χ2v) is 10.3. The Bertz CT molecular complexity index is 957. The minimum absolute atomic E-state index is 0.309. The summed E-state index contributed by atoms with van der Waals surface area (Å²) in [6.45, 7) is 9.14. The van der Waals surface area contributed by atoms with Crippen LogP contribution in [0.3, 0.4) is 0 Å². The molecule has 1 heterocycles. The lowest BCUT2D eigenvalue weighted by molar-refractivity contribution is -0.117. The van der Waals surface area contributed by atoms with E-state index in [2.05, 4.69) is 22.1 Å². The number of amides is 1. The molecule has 0 spiro atoms. The third-order valence-electron chi connectivity index (χ3n) is 3.89. The van der Waals surface area contributed by atoms with Crippen LogP contribution in [-0.2, 0) is 14.8 Å². The number of nitrogens with zero attached hydrogens (tertiary/aromatic N) is 3. The fourth-order valence-electron chi connectivity index (χ4n) is 2.63. The summed E-state index contributed by atoms with van der Waals surface area (Å²) in [5.74, 6) is 0.250. The molecule has 1 aromatic heterocycles. The quantitative estimate of drug-likeness (QED) is 0.364. The third-order valence-corrected chi connectivity index (χ3v) is 7.03. The van der Waals surface area contributed by atoms with E-state index in [0.717, 1.165) is 17.4 Å². The Hall–Kier alpha value is -1.91. The van der Waals surface area contributed by atoms with Gasteiger partial charge in [0.25, 0.3) is 0 Å². The summed E-state index contributed by atoms with van der Waals surface area (Å²) in [4.78, 5) is 12.9. The molecule has 1 amide bonds. The van der Waals surface area contributed by atoms with Gasteiger partial charge in [-0.2, -0.15) is 0 Å². The van der Waals surface area contributed by atoms with Gasteiger partial charge < -0.3 is 0 Å². The smallest absolute Gasteiger partial charge is 0.250 e. The molecule has 28 heavy (non-hydrogen) atoms. The van der Waals surface area contributed by atoms with Crippen LogP contribution < -0.4 is 9.62 Å². The topological polar surface area (TPSA) is 92.3 Å². The number of carbonyl (C=O) groups is 1. The van der Waals surface area contributed by atoms with E-state index in [-0.39, 0.29) is 0 Å². The summed E-state index contributed by atoms with van der Waals surface area (Å²) in [6, 6.07) is 4.63. The van der Waals surface area contributed by atoms with Crippen LogP contribution in [0.2, 0.25) is 0 Å². The maximum atomic E-state index is 12.9. The standard InChI is InChI=1S/C18H24N4O3S3/c1-6-10-26-18-21-20-17(27-18)19-16(23)14(7-2)22(28(5,24)25)15-11-12(3)8-9-13(15)4/h6,8-9,11,14H,1,7,10H2,2-5H3,(H,19,20,23). The molecule has 1 N–H and O–H groups in total. The van der Waals surface area contributed by atoms with E-state index in [4.69, 9.17) is 0 Å². The Labute approximate surface area is 174 Å². The highest BCUT2D eigenvalue weighted by Crippen LogP contribution is 2.29. The SMILES string of the molecule is C=CCSc1nnc(NC(=O)C(CC)N(c2cc(C)ccc2C)S(C)(=O)=O)s1. The number of benzene rings is 1. The second kappa shape index (κ2) is 9.53. The average Bonchev–Trinajstić information content (AvgIpc) is 3.06. The van der Waals surface area contributed by atoms with Crippen molar-refractivity contribution in [3.8, 4) is 0 Å². The third kappa shape index (κ3) is 5.55. The fourth-order valence-corrected chi connectivity index (χ4v) is 5.41. The molecule has 10 heteroatoms. The van der Waals surface area contributed by atoms with E-state index in [1.54, 1.807) is 19.1 Å². The van der Waals surface area contributed by atoms with Crippen LogP contribution in [0.15, 0.2) is 35.2 Å². The van der Waals surface area contributed by atoms with Crippen LogP contribution >= 0.6 is 23.1 Å². The van der Waals surface area contributed by atoms with Crippen molar-refractivity contribution in [2.45, 2.75) is 37.6 Å². The molecule has 0 radical (unpaired) electrons. The van der Waals surface area contributed by atoms with Gasteiger partial charge in [-0.05, 0) is 37.5 Å². The summed E-state index contributed by atoms with van der Waals surface area (Å²) < 4.78 is 27.1. The van der Waals surface area contributed by atoms with E-state index >= 15 is 0 Å². The Morgan fingerprint density at radius 3 is 2.71 bits per heavy atom. The molecule has 2 rings (SSSR count). The van der Waals surface area contributed by atoms with Crippen molar-refractivity contribution in [3.63, 3.8) is 0 Å². The molecule has 2 aromatic rings. The lowest BCUT2D eigenvalue weighted by atomic mass is 10.1. The molecule has 7 nitrogen and oxygen atoms in total. The lowest BCUT2D eigenvalue weighted by Crippen LogP contribution is -2.47. The van der Waals surface area contributed by atoms with Crippen molar-refractivity contribution in [1.82, 2.24) is 10.2 Å². The highest BCUT2D eigenvalue weighted by molar-refractivity contribution is 8.01. The number of aryl methyl sites for hydroxylation is 2. The molecule has 1 atom stereocenters. The van der Waals surface area contributed by atoms with Crippen LogP contribution in [-0.4, -0.2) is 42.6 Å². The van der Waals surface area contributed by atoms with Crippen molar-refractivity contribution in [1.29, 1.82) is 0 Å². The molecule has 0 aliphatic carbocycles. The first-order chi connectivity index (χ1) is 13.2. The largest absolute Gasteiger partial charge is 0.299 e. The number of rotatable bonds is 9. The molecule has 0 saturated heterocycles. The van der Waals surface area contributed by atoms with E-state index in [9.17, 15) is 13.2 Å². The Kier molecular flexibility index (Phi) is 7.62. The zero-order valence-electron chi connectivity index (χ0n) is 16.3. The molecular weight excluding hydrogens is 416 g/mol. The van der Waals surface area contributed by atoms with E-state index in [1.165, 1.54) is 27.4 Å². The normalized spacial score (nSPS) is 12.4. The van der Waals surface area contributed by atoms with Gasteiger partial charge in [0.05, 0.1) is 11.9 Å². The first-order valence-electron chi connectivity index (χ1n) is 8.62. The summed E-state index contributed by atoms with van der Waals surface area (Å²) in [7, 11) is -3.69. The monoisotopic (exact) mass is 440 g/mol. The Balaban J connectivity index is 2.33. The fraction of sp³-hybridized carbons (Fsp3) is 0.389. The minimum atomic E-state index is -3.69. The molecule has 0 fully saturated rings. The van der Waals surface area contributed by atoms with Gasteiger partial charge in [0.2, 0.25) is 21.1 Å². The molecule has 0 aliphatic rings. The van der Waals surface area contributed by atoms with Crippen LogP contribution in [0.1, 0.15) is 24.5 Å². The summed E-state index contributed by atoms with van der Waals surface area (Å²) >= 11 is 2.71. The molecule has 1 aromatic carbocycles. The number of hydrogen-bond donors (Lipinski definition) is 1. The van der Waals surface area contributed by atoms with Crippen molar-refractivity contribution in [3.05, 3.63) is 42.0 Å². The van der Waals surface area contributed by atoms with E-state index in [0.29, 0.717) is 27.3 Å². The van der Waals surface area contributed by atoms with Crippen molar-refractivity contribution >= 4 is 49.8 Å². The van der Waals surface area contributed by atoms with Crippen LogP contribution in [0.25, 0.3) is 0 Å². The molecule has 152 valence electrons. The number of nitrogens with one attached hydrogen (secondary N) is 1. The molecule has 0 bridgehead atoms. The highest BCUT2D eigenvalue weighted by Gasteiger charge is 2.33. The van der Waals surface area contributed by atoms with Gasteiger partial charge in [-0.3, -0.25) is 14.4 Å². The van der Waals surface area contributed by atoms with Crippen molar-refractivity contribution in [2.24, 2.45) is 0 Å². The number of carbonyl (C=O) groups excluding carboxylic acids is 1. The van der Waals surface area contributed by atoms with Crippen LogP contribution in [0, 0.1) is 13.8 Å². The van der Waals surface area contributed by atoms with Gasteiger partial charge in [-0.1, -0.05) is 48.2 Å². The minimum Gasteiger partial charge on any atom is -0.299 e. The molecule has 0 saturated carbocycles. The van der Waals surface area contributed by atoms with Gasteiger partial charge in [0.1, 0.15) is 6.04 Å². The number of sulfonamides is 1. The van der Waals surface area contributed by atoms with Gasteiger partial charge in [-0.15, -0.1) is 16.8 Å². The van der Waals surface area contributed by atoms with E-state index < -0.39 is 22.0 Å². The summed E-state index contributed by atoms with van der Waals surface area (Å²) in [5.41, 5.74) is 2.20. The van der Waals surface area contributed by atoms with Gasteiger partial charge in [-0.25, -0.2) is 8.42 Å². The highest BCUT2D eigenvalue weighted by atomic mass is 32.2. The van der Waals surface area contributed by atoms with Gasteiger partial charge >= 0.3 is 0 Å². The van der Waals surface area contributed by atoms with Gasteiger partial charge in [0.15, 0.2) is 4.34 Å². The van der Waals surface area contributed by atoms with Crippen molar-refractivity contribution in [2.75, 3.05) is 21.6 Å². The Morgan fingerprint density at radius 2 is 2.11 bits per heavy atom. The zero-order chi connectivity index (χ0) is 20.9. The first-order valence-corrected chi connectivity index (χ1v) is 12.3. The maximum Gasteiger partial charge on any atom is 0.250 e. The number of anilines is 2. The molecule has 1 unspecified atom stereocenters. The number of aromatic nitrogens is 2. The maximum absolute atomic E-state index is 12.9. The van der Waals surface area contributed by atoms with Crippen LogP contribution in [0.5, 0.6) is 0 Å². The summed E-state index contributed by atoms with van der Waals surface area (Å²) in [6.07, 6.45) is 3.18. The van der Waals surface area contributed by atoms with Gasteiger partial charge in [0, 0.05) is 5.75 Å². The number of thioether (sulfide) groups is 1. The second-order valence-electron chi connectivity index (χ2n) is 6.23. The van der Waals surface area contributed by atoms with Crippen molar-refractivity contribution < 1.29 is 13.2 Å². The number of hydrogen-bond acceptors (Lipinski definition) is 7. The Morgan fingerprint density at radius 1 is 1.39 bits per heavy atom. The summed E-state index contributed by atoms with van der Waals surface area (Å²) in [5, 5.41) is 11.0. The predicted octanol–water partition coefficient (Wildman–Crippen LogP) is 3.62. The lowest BCUT2D eigenvalue weighted by Gasteiger charge is -2.31. The molecule has 0 aliphatic heterocycles. The van der Waals surface area contributed by atoms with E-state index in [1.807, 2.05) is 26.0 Å². The average molecular weight is 441 g/mol.